The average molecular weight is 376 g/mol. The van der Waals surface area contributed by atoms with E-state index < -0.39 is 21.5 Å². The lowest BCUT2D eigenvalue weighted by Gasteiger charge is -2.28. The predicted octanol–water partition coefficient (Wildman–Crippen LogP) is 4.34. The van der Waals surface area contributed by atoms with Crippen molar-refractivity contribution in [1.82, 2.24) is 0 Å². The van der Waals surface area contributed by atoms with Gasteiger partial charge in [-0.1, -0.05) is 46.9 Å². The summed E-state index contributed by atoms with van der Waals surface area (Å²) in [5.41, 5.74) is 2.09. The Balaban J connectivity index is 2.43. The molecule has 4 nitrogen and oxygen atoms in total. The molecule has 0 aliphatic heterocycles. The van der Waals surface area contributed by atoms with Gasteiger partial charge in [0, 0.05) is 0 Å². The van der Waals surface area contributed by atoms with E-state index in [2.05, 4.69) is 17.0 Å². The highest BCUT2D eigenvalue weighted by atomic mass is 32.2. The number of ether oxygens (including phenoxy) is 1. The van der Waals surface area contributed by atoms with Gasteiger partial charge in [-0.2, -0.15) is 0 Å². The molecule has 0 spiro atoms. The van der Waals surface area contributed by atoms with E-state index in [1.165, 1.54) is 0 Å². The molecule has 1 aliphatic rings. The quantitative estimate of drug-likeness (QED) is 0.422. The van der Waals surface area contributed by atoms with Gasteiger partial charge < -0.3 is 9.29 Å². The second kappa shape index (κ2) is 8.40. The maximum atomic E-state index is 13.0. The number of carbonyl (C=O) groups is 1. The highest BCUT2D eigenvalue weighted by molar-refractivity contribution is 7.91. The number of hydrogen-bond acceptors (Lipinski definition) is 4. The van der Waals surface area contributed by atoms with Gasteiger partial charge in [-0.15, -0.1) is 0 Å². The van der Waals surface area contributed by atoms with Crippen molar-refractivity contribution >= 4 is 23.0 Å². The number of hydrogen-bond donors (Lipinski definition) is 0. The van der Waals surface area contributed by atoms with Crippen LogP contribution in [0.5, 0.6) is 0 Å². The summed E-state index contributed by atoms with van der Waals surface area (Å²) in [5.74, 6) is -0.291. The van der Waals surface area contributed by atoms with Gasteiger partial charge >= 0.3 is 5.97 Å². The first-order valence-electron chi connectivity index (χ1n) is 9.03. The molecule has 0 radical (unpaired) electrons. The Kier molecular flexibility index (Phi) is 6.69. The molecule has 1 unspecified atom stereocenters. The van der Waals surface area contributed by atoms with Gasteiger partial charge in [0.15, 0.2) is 0 Å². The van der Waals surface area contributed by atoms with Crippen molar-refractivity contribution in [3.8, 4) is 0 Å². The van der Waals surface area contributed by atoms with Gasteiger partial charge in [0.25, 0.3) is 0 Å². The first-order chi connectivity index (χ1) is 12.2. The fourth-order valence-corrected chi connectivity index (χ4v) is 3.98. The standard InChI is InChI=1S/C21H29NO3S/c1-6-13-25-19(23)21(15-17-10-7-9-16(2)14-17)12-8-11-18(21)22-26(24)20(3,4)5/h6-7,9-10,14H,1,8,11-13,15H2,2-5H3/b22-18+/t21-,26?/m0/s1. The second-order valence-electron chi connectivity index (χ2n) is 7.89. The zero-order chi connectivity index (χ0) is 19.4. The van der Waals surface area contributed by atoms with E-state index in [9.17, 15) is 9.35 Å². The summed E-state index contributed by atoms with van der Waals surface area (Å²) in [5, 5.41) is 0. The molecule has 5 heteroatoms. The van der Waals surface area contributed by atoms with Crippen LogP contribution in [0.3, 0.4) is 0 Å². The number of benzene rings is 1. The van der Waals surface area contributed by atoms with Gasteiger partial charge in [0.2, 0.25) is 0 Å². The third-order valence-electron chi connectivity index (χ3n) is 4.60. The number of rotatable bonds is 6. The van der Waals surface area contributed by atoms with Crippen LogP contribution in [0.1, 0.15) is 51.2 Å². The van der Waals surface area contributed by atoms with Crippen molar-refractivity contribution in [2.75, 3.05) is 6.61 Å². The van der Waals surface area contributed by atoms with E-state index in [1.807, 2.05) is 45.9 Å². The minimum absolute atomic E-state index is 0.171. The van der Waals surface area contributed by atoms with Gasteiger partial charge in [-0.25, -0.2) is 0 Å². The molecule has 1 saturated carbocycles. The number of esters is 1. The molecule has 0 bridgehead atoms. The Bertz CT molecular complexity index is 693. The molecule has 1 aromatic rings. The number of carbonyl (C=O) groups excluding carboxylic acids is 1. The van der Waals surface area contributed by atoms with E-state index in [-0.39, 0.29) is 12.6 Å². The Morgan fingerprint density at radius 2 is 2.19 bits per heavy atom. The van der Waals surface area contributed by atoms with E-state index >= 15 is 0 Å². The van der Waals surface area contributed by atoms with Crippen molar-refractivity contribution in [1.29, 1.82) is 0 Å². The summed E-state index contributed by atoms with van der Waals surface area (Å²) in [6.45, 7) is 11.5. The Morgan fingerprint density at radius 1 is 1.46 bits per heavy atom. The average Bonchev–Trinajstić information content (AvgIpc) is 2.95. The fourth-order valence-electron chi connectivity index (χ4n) is 3.24. The molecular formula is C21H29NO3S. The van der Waals surface area contributed by atoms with E-state index in [1.54, 1.807) is 6.08 Å². The molecule has 142 valence electrons. The van der Waals surface area contributed by atoms with Crippen LogP contribution in [0, 0.1) is 12.3 Å². The first kappa shape index (κ1) is 20.7. The summed E-state index contributed by atoms with van der Waals surface area (Å²) in [6.07, 6.45) is 4.27. The molecule has 26 heavy (non-hydrogen) atoms. The Hall–Kier alpha value is -1.59. The maximum absolute atomic E-state index is 13.0. The van der Waals surface area contributed by atoms with Gasteiger partial charge in [-0.3, -0.25) is 4.79 Å². The highest BCUT2D eigenvalue weighted by Crippen LogP contribution is 2.41. The largest absolute Gasteiger partial charge is 0.591 e. The zero-order valence-electron chi connectivity index (χ0n) is 16.2. The minimum atomic E-state index is -1.40. The van der Waals surface area contributed by atoms with Crippen molar-refractivity contribution in [2.24, 2.45) is 9.81 Å². The van der Waals surface area contributed by atoms with Crippen LogP contribution >= 0.6 is 0 Å². The summed E-state index contributed by atoms with van der Waals surface area (Å²) in [6, 6.07) is 8.13. The van der Waals surface area contributed by atoms with Crippen molar-refractivity contribution in [2.45, 2.75) is 58.1 Å². The normalized spacial score (nSPS) is 23.0. The molecule has 2 atom stereocenters. The predicted molar refractivity (Wildman–Crippen MR) is 108 cm³/mol. The third kappa shape index (κ3) is 4.77. The van der Waals surface area contributed by atoms with Crippen molar-refractivity contribution in [3.05, 3.63) is 48.0 Å². The van der Waals surface area contributed by atoms with Crippen LogP contribution < -0.4 is 0 Å². The summed E-state index contributed by atoms with van der Waals surface area (Å²) in [4.78, 5) is 13.0. The summed E-state index contributed by atoms with van der Waals surface area (Å²) >= 11 is -1.40. The lowest BCUT2D eigenvalue weighted by atomic mass is 9.78. The SMILES string of the molecule is C=CCOC(=O)[C@]1(Cc2cccc(C)c2)CCC/C1=N\[S+]([O-])C(C)(C)C. The second-order valence-corrected chi connectivity index (χ2v) is 9.79. The molecule has 1 aromatic carbocycles. The smallest absolute Gasteiger partial charge is 0.318 e. The maximum Gasteiger partial charge on any atom is 0.318 e. The molecule has 1 aliphatic carbocycles. The third-order valence-corrected chi connectivity index (χ3v) is 6.03. The number of nitrogens with zero attached hydrogens (tertiary/aromatic N) is 1. The molecule has 2 rings (SSSR count). The lowest BCUT2D eigenvalue weighted by Crippen LogP contribution is -2.40. The fraction of sp³-hybridized carbons (Fsp3) is 0.524. The zero-order valence-corrected chi connectivity index (χ0v) is 17.0. The van der Waals surface area contributed by atoms with Crippen LogP contribution in [0.4, 0.5) is 0 Å². The van der Waals surface area contributed by atoms with Gasteiger partial charge in [0.05, 0.1) is 5.71 Å². The Morgan fingerprint density at radius 3 is 2.81 bits per heavy atom. The molecule has 0 aromatic heterocycles. The Labute approximate surface area is 160 Å². The van der Waals surface area contributed by atoms with E-state index in [4.69, 9.17) is 4.74 Å². The monoisotopic (exact) mass is 375 g/mol. The van der Waals surface area contributed by atoms with Crippen molar-refractivity contribution in [3.63, 3.8) is 0 Å². The highest BCUT2D eigenvalue weighted by Gasteiger charge is 2.50. The van der Waals surface area contributed by atoms with Gasteiger partial charge in [0.1, 0.15) is 28.1 Å². The van der Waals surface area contributed by atoms with Crippen LogP contribution in [-0.4, -0.2) is 27.6 Å². The van der Waals surface area contributed by atoms with E-state index in [0.29, 0.717) is 25.0 Å². The lowest BCUT2D eigenvalue weighted by molar-refractivity contribution is -0.150. The van der Waals surface area contributed by atoms with Crippen molar-refractivity contribution < 1.29 is 14.1 Å². The van der Waals surface area contributed by atoms with Gasteiger partial charge in [-0.05, 0) is 58.9 Å². The van der Waals surface area contributed by atoms with E-state index in [0.717, 1.165) is 17.5 Å². The summed E-state index contributed by atoms with van der Waals surface area (Å²) in [7, 11) is 0. The summed E-state index contributed by atoms with van der Waals surface area (Å²) < 4.78 is 22.1. The van der Waals surface area contributed by atoms with Crippen LogP contribution in [0.25, 0.3) is 0 Å². The number of aryl methyl sites for hydroxylation is 1. The molecule has 0 heterocycles. The first-order valence-corrected chi connectivity index (χ1v) is 10.1. The minimum Gasteiger partial charge on any atom is -0.591 e. The van der Waals surface area contributed by atoms with Crippen LogP contribution in [0.15, 0.2) is 41.3 Å². The molecule has 0 saturated heterocycles. The van der Waals surface area contributed by atoms with Crippen LogP contribution in [-0.2, 0) is 27.3 Å². The molecular weight excluding hydrogens is 346 g/mol. The topological polar surface area (TPSA) is 61.7 Å². The molecule has 1 fully saturated rings. The molecule has 0 N–H and O–H groups in total. The van der Waals surface area contributed by atoms with Crippen LogP contribution in [0.2, 0.25) is 0 Å². The molecule has 0 amide bonds.